The molecule has 3 rings (SSSR count). The monoisotopic (exact) mass is 443 g/mol. The molecule has 0 radical (unpaired) electrons. The molecule has 1 heterocycles. The second-order valence-corrected chi connectivity index (χ2v) is 9.67. The summed E-state index contributed by atoms with van der Waals surface area (Å²) >= 11 is 0. The Balaban J connectivity index is 1.70. The third-order valence-corrected chi connectivity index (χ3v) is 7.96. The standard InChI is InChI=1S/C24H33N3O3S/c1-4-25(17-10-13-20-11-8-7-9-12-20)24(28)27-18-16-21-19-22(14-15-23(21)27)31(29,30)26(5-2)6-3/h7-9,11-12,14-15,19H,4-6,10,13,16-18H2,1-3H3. The van der Waals surface area contributed by atoms with Crippen molar-refractivity contribution in [2.45, 2.75) is 44.9 Å². The summed E-state index contributed by atoms with van der Waals surface area (Å²) in [6.07, 6.45) is 2.52. The van der Waals surface area contributed by atoms with E-state index in [2.05, 4.69) is 12.1 Å². The van der Waals surface area contributed by atoms with Crippen LogP contribution in [0.5, 0.6) is 0 Å². The minimum atomic E-state index is -3.50. The molecule has 0 fully saturated rings. The third kappa shape index (κ3) is 5.10. The molecular formula is C24H33N3O3S. The predicted octanol–water partition coefficient (Wildman–Crippen LogP) is 4.15. The van der Waals surface area contributed by atoms with Gasteiger partial charge in [-0.05, 0) is 55.5 Å². The molecule has 6 nitrogen and oxygen atoms in total. The van der Waals surface area contributed by atoms with Crippen LogP contribution in [0.1, 0.15) is 38.3 Å². The Kier molecular flexibility index (Phi) is 7.73. The number of aryl methyl sites for hydroxylation is 1. The first kappa shape index (κ1) is 23.3. The van der Waals surface area contributed by atoms with Gasteiger partial charge in [-0.3, -0.25) is 4.90 Å². The van der Waals surface area contributed by atoms with Crippen LogP contribution in [0.15, 0.2) is 53.4 Å². The fourth-order valence-corrected chi connectivity index (χ4v) is 5.64. The minimum absolute atomic E-state index is 0.00587. The first-order valence-electron chi connectivity index (χ1n) is 11.2. The topological polar surface area (TPSA) is 60.9 Å². The molecule has 0 bridgehead atoms. The van der Waals surface area contributed by atoms with Crippen LogP contribution in [0, 0.1) is 0 Å². The fraction of sp³-hybridized carbons (Fsp3) is 0.458. The van der Waals surface area contributed by atoms with Gasteiger partial charge in [0.1, 0.15) is 0 Å². The summed E-state index contributed by atoms with van der Waals surface area (Å²) in [7, 11) is -3.50. The summed E-state index contributed by atoms with van der Waals surface area (Å²) in [5.41, 5.74) is 3.02. The lowest BCUT2D eigenvalue weighted by molar-refractivity contribution is 0.207. The van der Waals surface area contributed by atoms with Crippen molar-refractivity contribution in [2.24, 2.45) is 0 Å². The Morgan fingerprint density at radius 1 is 1.00 bits per heavy atom. The van der Waals surface area contributed by atoms with Gasteiger partial charge < -0.3 is 4.90 Å². The van der Waals surface area contributed by atoms with Crippen LogP contribution < -0.4 is 4.90 Å². The van der Waals surface area contributed by atoms with Crippen LogP contribution >= 0.6 is 0 Å². The Hall–Kier alpha value is -2.38. The van der Waals surface area contributed by atoms with Gasteiger partial charge in [0, 0.05) is 38.4 Å². The van der Waals surface area contributed by atoms with E-state index in [9.17, 15) is 13.2 Å². The highest BCUT2D eigenvalue weighted by Crippen LogP contribution is 2.32. The first-order valence-corrected chi connectivity index (χ1v) is 12.6. The van der Waals surface area contributed by atoms with Gasteiger partial charge in [-0.2, -0.15) is 4.31 Å². The van der Waals surface area contributed by atoms with E-state index in [1.807, 2.05) is 43.9 Å². The SMILES string of the molecule is CCN(CCCc1ccccc1)C(=O)N1CCc2cc(S(=O)(=O)N(CC)CC)ccc21. The number of hydrogen-bond donors (Lipinski definition) is 0. The lowest BCUT2D eigenvalue weighted by Crippen LogP contribution is -2.43. The van der Waals surface area contributed by atoms with Crippen molar-refractivity contribution >= 4 is 21.7 Å². The number of carbonyl (C=O) groups excluding carboxylic acids is 1. The lowest BCUT2D eigenvalue weighted by Gasteiger charge is -2.27. The van der Waals surface area contributed by atoms with Gasteiger partial charge in [-0.25, -0.2) is 13.2 Å². The highest BCUT2D eigenvalue weighted by molar-refractivity contribution is 7.89. The second-order valence-electron chi connectivity index (χ2n) is 7.73. The number of rotatable bonds is 9. The Morgan fingerprint density at radius 2 is 1.71 bits per heavy atom. The van der Waals surface area contributed by atoms with Gasteiger partial charge in [0.25, 0.3) is 0 Å². The number of benzene rings is 2. The Bertz CT molecular complexity index is 988. The first-order chi connectivity index (χ1) is 14.9. The molecule has 1 aliphatic rings. The molecule has 1 aliphatic heterocycles. The smallest absolute Gasteiger partial charge is 0.324 e. The quantitative estimate of drug-likeness (QED) is 0.585. The fourth-order valence-electron chi connectivity index (χ4n) is 4.13. The summed E-state index contributed by atoms with van der Waals surface area (Å²) < 4.78 is 27.1. The Morgan fingerprint density at radius 3 is 2.35 bits per heavy atom. The zero-order valence-corrected chi connectivity index (χ0v) is 19.6. The summed E-state index contributed by atoms with van der Waals surface area (Å²) in [6.45, 7) is 8.48. The average molecular weight is 444 g/mol. The normalized spacial score (nSPS) is 13.5. The average Bonchev–Trinajstić information content (AvgIpc) is 3.21. The van der Waals surface area contributed by atoms with E-state index in [0.29, 0.717) is 44.0 Å². The van der Waals surface area contributed by atoms with Crippen LogP contribution in [-0.2, 0) is 22.9 Å². The van der Waals surface area contributed by atoms with E-state index in [4.69, 9.17) is 0 Å². The molecule has 0 unspecified atom stereocenters. The van der Waals surface area contributed by atoms with E-state index in [-0.39, 0.29) is 6.03 Å². The van der Waals surface area contributed by atoms with Gasteiger partial charge in [-0.1, -0.05) is 44.2 Å². The van der Waals surface area contributed by atoms with E-state index in [0.717, 1.165) is 24.1 Å². The highest BCUT2D eigenvalue weighted by atomic mass is 32.2. The van der Waals surface area contributed by atoms with Crippen molar-refractivity contribution < 1.29 is 13.2 Å². The van der Waals surface area contributed by atoms with Crippen molar-refractivity contribution in [3.8, 4) is 0 Å². The number of nitrogens with zero attached hydrogens (tertiary/aromatic N) is 3. The second kappa shape index (κ2) is 10.3. The van der Waals surface area contributed by atoms with Crippen molar-refractivity contribution in [1.82, 2.24) is 9.21 Å². The van der Waals surface area contributed by atoms with Gasteiger partial charge in [0.2, 0.25) is 10.0 Å². The predicted molar refractivity (Wildman–Crippen MR) is 125 cm³/mol. The molecule has 0 atom stereocenters. The van der Waals surface area contributed by atoms with Crippen molar-refractivity contribution in [2.75, 3.05) is 37.6 Å². The number of hydrogen-bond acceptors (Lipinski definition) is 3. The molecule has 0 saturated heterocycles. The number of sulfonamides is 1. The molecule has 2 aromatic rings. The maximum absolute atomic E-state index is 13.2. The lowest BCUT2D eigenvalue weighted by atomic mass is 10.1. The van der Waals surface area contributed by atoms with E-state index in [1.165, 1.54) is 9.87 Å². The van der Waals surface area contributed by atoms with Gasteiger partial charge in [-0.15, -0.1) is 0 Å². The van der Waals surface area contributed by atoms with Gasteiger partial charge >= 0.3 is 6.03 Å². The molecule has 0 saturated carbocycles. The largest absolute Gasteiger partial charge is 0.325 e. The van der Waals surface area contributed by atoms with E-state index in [1.54, 1.807) is 23.1 Å². The van der Waals surface area contributed by atoms with Crippen molar-refractivity contribution in [3.05, 3.63) is 59.7 Å². The van der Waals surface area contributed by atoms with Crippen molar-refractivity contribution in [1.29, 1.82) is 0 Å². The third-order valence-electron chi connectivity index (χ3n) is 5.91. The Labute approximate surface area is 186 Å². The molecule has 31 heavy (non-hydrogen) atoms. The van der Waals surface area contributed by atoms with Crippen LogP contribution in [0.3, 0.4) is 0 Å². The number of fused-ring (bicyclic) bond motifs is 1. The highest BCUT2D eigenvalue weighted by Gasteiger charge is 2.30. The van der Waals surface area contributed by atoms with E-state index >= 15 is 0 Å². The zero-order valence-electron chi connectivity index (χ0n) is 18.8. The minimum Gasteiger partial charge on any atom is -0.325 e. The number of urea groups is 1. The number of amides is 2. The van der Waals surface area contributed by atoms with Crippen molar-refractivity contribution in [3.63, 3.8) is 0 Å². The number of anilines is 1. The van der Waals surface area contributed by atoms with Crippen LogP contribution in [0.4, 0.5) is 10.5 Å². The maximum atomic E-state index is 13.2. The molecule has 0 N–H and O–H groups in total. The van der Waals surface area contributed by atoms with Crippen LogP contribution in [0.25, 0.3) is 0 Å². The van der Waals surface area contributed by atoms with E-state index < -0.39 is 10.0 Å². The molecule has 168 valence electrons. The van der Waals surface area contributed by atoms with Crippen LogP contribution in [-0.4, -0.2) is 56.4 Å². The molecule has 0 spiro atoms. The molecular weight excluding hydrogens is 410 g/mol. The molecule has 7 heteroatoms. The zero-order chi connectivity index (χ0) is 22.4. The molecule has 0 aromatic heterocycles. The van der Waals surface area contributed by atoms with Crippen LogP contribution in [0.2, 0.25) is 0 Å². The molecule has 0 aliphatic carbocycles. The summed E-state index contributed by atoms with van der Waals surface area (Å²) in [6, 6.07) is 15.4. The number of carbonyl (C=O) groups is 1. The summed E-state index contributed by atoms with van der Waals surface area (Å²) in [5.74, 6) is 0. The molecule has 2 amide bonds. The molecule has 2 aromatic carbocycles. The summed E-state index contributed by atoms with van der Waals surface area (Å²) in [5, 5.41) is 0. The summed E-state index contributed by atoms with van der Waals surface area (Å²) in [4.78, 5) is 17.2. The maximum Gasteiger partial charge on any atom is 0.324 e. The van der Waals surface area contributed by atoms with Gasteiger partial charge in [0.15, 0.2) is 0 Å². The van der Waals surface area contributed by atoms with Gasteiger partial charge in [0.05, 0.1) is 4.90 Å².